The first kappa shape index (κ1) is 12.7. The van der Waals surface area contributed by atoms with Crippen LogP contribution in [0.2, 0.25) is 0 Å². The van der Waals surface area contributed by atoms with Gasteiger partial charge in [-0.2, -0.15) is 0 Å². The molecule has 1 aromatic rings. The van der Waals surface area contributed by atoms with E-state index in [1.165, 1.54) is 11.1 Å². The van der Waals surface area contributed by atoms with Crippen molar-refractivity contribution < 1.29 is 9.53 Å². The van der Waals surface area contributed by atoms with Gasteiger partial charge in [0.1, 0.15) is 6.10 Å². The lowest BCUT2D eigenvalue weighted by Crippen LogP contribution is -2.12. The van der Waals surface area contributed by atoms with Crippen LogP contribution < -0.4 is 5.32 Å². The predicted octanol–water partition coefficient (Wildman–Crippen LogP) is 3.63. The highest BCUT2D eigenvalue weighted by molar-refractivity contribution is 5.91. The van der Waals surface area contributed by atoms with Crippen LogP contribution in [0.4, 0.5) is 5.69 Å². The highest BCUT2D eigenvalue weighted by atomic mass is 16.5. The van der Waals surface area contributed by atoms with E-state index in [0.717, 1.165) is 17.7 Å². The molecule has 3 nitrogen and oxygen atoms in total. The van der Waals surface area contributed by atoms with Gasteiger partial charge in [0.2, 0.25) is 5.91 Å². The summed E-state index contributed by atoms with van der Waals surface area (Å²) in [5.74, 6) is 0.0454. The van der Waals surface area contributed by atoms with Crippen molar-refractivity contribution in [2.24, 2.45) is 0 Å². The molecule has 1 N–H and O–H groups in total. The molecule has 18 heavy (non-hydrogen) atoms. The normalized spacial score (nSPS) is 17.6. The van der Waals surface area contributed by atoms with Crippen LogP contribution in [-0.2, 0) is 9.53 Å². The second-order valence-electron chi connectivity index (χ2n) is 4.59. The molecule has 0 aromatic heterocycles. The lowest BCUT2D eigenvalue weighted by molar-refractivity contribution is -0.115. The Hall–Kier alpha value is -1.77. The van der Waals surface area contributed by atoms with Gasteiger partial charge in [0, 0.05) is 18.5 Å². The lowest BCUT2D eigenvalue weighted by atomic mass is 9.96. The largest absolute Gasteiger partial charge is 0.493 e. The zero-order valence-electron chi connectivity index (χ0n) is 11.1. The van der Waals surface area contributed by atoms with Gasteiger partial charge in [-0.15, -0.1) is 0 Å². The Morgan fingerprint density at radius 1 is 1.39 bits per heavy atom. The highest BCUT2D eigenvalue weighted by Crippen LogP contribution is 2.32. The van der Waals surface area contributed by atoms with Crippen LogP contribution in [0, 0.1) is 13.8 Å². The number of amides is 1. The second kappa shape index (κ2) is 5.25. The number of hydrogen-bond acceptors (Lipinski definition) is 2. The van der Waals surface area contributed by atoms with E-state index in [-0.39, 0.29) is 12.0 Å². The van der Waals surface area contributed by atoms with E-state index in [4.69, 9.17) is 4.74 Å². The van der Waals surface area contributed by atoms with Gasteiger partial charge in [-0.3, -0.25) is 4.79 Å². The Bertz CT molecular complexity index is 484. The summed E-state index contributed by atoms with van der Waals surface area (Å²) in [6.45, 7) is 5.96. The van der Waals surface area contributed by atoms with Crippen LogP contribution in [-0.4, -0.2) is 5.91 Å². The van der Waals surface area contributed by atoms with E-state index in [1.54, 1.807) is 6.26 Å². The Balaban J connectivity index is 2.26. The van der Waals surface area contributed by atoms with E-state index in [9.17, 15) is 4.79 Å². The van der Waals surface area contributed by atoms with Crippen LogP contribution in [0.15, 0.2) is 24.5 Å². The molecule has 0 saturated carbocycles. The van der Waals surface area contributed by atoms with Gasteiger partial charge in [-0.05, 0) is 42.7 Å². The fourth-order valence-electron chi connectivity index (χ4n) is 2.15. The molecule has 1 aromatic carbocycles. The number of carbonyl (C=O) groups excluding carboxylic acids is 1. The van der Waals surface area contributed by atoms with Crippen molar-refractivity contribution in [1.29, 1.82) is 0 Å². The molecular formula is C15H19NO2. The Kier molecular flexibility index (Phi) is 3.70. The van der Waals surface area contributed by atoms with Crippen molar-refractivity contribution in [3.05, 3.63) is 41.2 Å². The molecule has 1 heterocycles. The number of anilines is 1. The van der Waals surface area contributed by atoms with Gasteiger partial charge in [0.25, 0.3) is 0 Å². The Labute approximate surface area is 108 Å². The first-order valence-electron chi connectivity index (χ1n) is 6.34. The van der Waals surface area contributed by atoms with Crippen LogP contribution in [0.5, 0.6) is 0 Å². The quantitative estimate of drug-likeness (QED) is 0.883. The maximum Gasteiger partial charge on any atom is 0.224 e. The van der Waals surface area contributed by atoms with E-state index < -0.39 is 0 Å². The standard InChI is InChI=1S/C15H19NO2/c1-4-15(17)16-13-8-7-12(10(2)11(13)3)14-6-5-9-18-14/h5,7-9,14H,4,6H2,1-3H3,(H,16,17). The molecule has 3 heteroatoms. The molecule has 0 radical (unpaired) electrons. The summed E-state index contributed by atoms with van der Waals surface area (Å²) in [6.07, 6.45) is 5.33. The van der Waals surface area contributed by atoms with Crippen LogP contribution in [0.1, 0.15) is 42.6 Å². The molecular weight excluding hydrogens is 226 g/mol. The zero-order valence-corrected chi connectivity index (χ0v) is 11.1. The second-order valence-corrected chi connectivity index (χ2v) is 4.59. The molecule has 1 unspecified atom stereocenters. The van der Waals surface area contributed by atoms with Gasteiger partial charge < -0.3 is 10.1 Å². The van der Waals surface area contributed by atoms with Crippen molar-refractivity contribution in [2.75, 3.05) is 5.32 Å². The molecule has 0 fully saturated rings. The van der Waals surface area contributed by atoms with Crippen LogP contribution in [0.3, 0.4) is 0 Å². The topological polar surface area (TPSA) is 38.3 Å². The van der Waals surface area contributed by atoms with Crippen molar-refractivity contribution in [3.8, 4) is 0 Å². The third-order valence-corrected chi connectivity index (χ3v) is 3.46. The van der Waals surface area contributed by atoms with Crippen LogP contribution in [0.25, 0.3) is 0 Å². The predicted molar refractivity (Wildman–Crippen MR) is 72.4 cm³/mol. The third kappa shape index (κ3) is 2.40. The van der Waals surface area contributed by atoms with E-state index in [1.807, 2.05) is 32.1 Å². The summed E-state index contributed by atoms with van der Waals surface area (Å²) in [7, 11) is 0. The molecule has 1 aliphatic heterocycles. The molecule has 1 atom stereocenters. The minimum atomic E-state index is 0.0454. The van der Waals surface area contributed by atoms with Crippen molar-refractivity contribution in [3.63, 3.8) is 0 Å². The van der Waals surface area contributed by atoms with E-state index in [0.29, 0.717) is 6.42 Å². The maximum atomic E-state index is 11.4. The summed E-state index contributed by atoms with van der Waals surface area (Å²) < 4.78 is 5.55. The van der Waals surface area contributed by atoms with E-state index >= 15 is 0 Å². The van der Waals surface area contributed by atoms with Crippen molar-refractivity contribution in [1.82, 2.24) is 0 Å². The fraction of sp³-hybridized carbons (Fsp3) is 0.400. The first-order valence-corrected chi connectivity index (χ1v) is 6.34. The number of nitrogens with one attached hydrogen (secondary N) is 1. The summed E-state index contributed by atoms with van der Waals surface area (Å²) in [5.41, 5.74) is 4.41. The van der Waals surface area contributed by atoms with Crippen LogP contribution >= 0.6 is 0 Å². The Morgan fingerprint density at radius 2 is 2.17 bits per heavy atom. The molecule has 0 bridgehead atoms. The van der Waals surface area contributed by atoms with Gasteiger partial charge in [-0.25, -0.2) is 0 Å². The summed E-state index contributed by atoms with van der Waals surface area (Å²) in [5, 5.41) is 2.92. The molecule has 2 rings (SSSR count). The van der Waals surface area contributed by atoms with E-state index in [2.05, 4.69) is 12.2 Å². The minimum Gasteiger partial charge on any atom is -0.493 e. The minimum absolute atomic E-state index is 0.0454. The summed E-state index contributed by atoms with van der Waals surface area (Å²) in [4.78, 5) is 11.4. The molecule has 0 saturated heterocycles. The number of hydrogen-bond donors (Lipinski definition) is 1. The maximum absolute atomic E-state index is 11.4. The smallest absolute Gasteiger partial charge is 0.224 e. The third-order valence-electron chi connectivity index (χ3n) is 3.46. The van der Waals surface area contributed by atoms with Gasteiger partial charge >= 0.3 is 0 Å². The monoisotopic (exact) mass is 245 g/mol. The van der Waals surface area contributed by atoms with Crippen molar-refractivity contribution >= 4 is 11.6 Å². The average molecular weight is 245 g/mol. The Morgan fingerprint density at radius 3 is 2.78 bits per heavy atom. The number of ether oxygens (including phenoxy) is 1. The molecule has 1 aliphatic rings. The highest BCUT2D eigenvalue weighted by Gasteiger charge is 2.18. The molecule has 1 amide bonds. The molecule has 0 aliphatic carbocycles. The summed E-state index contributed by atoms with van der Waals surface area (Å²) >= 11 is 0. The number of rotatable bonds is 3. The molecule has 96 valence electrons. The first-order chi connectivity index (χ1) is 8.63. The average Bonchev–Trinajstić information content (AvgIpc) is 2.88. The molecule has 0 spiro atoms. The van der Waals surface area contributed by atoms with Crippen molar-refractivity contribution in [2.45, 2.75) is 39.7 Å². The lowest BCUT2D eigenvalue weighted by Gasteiger charge is -2.18. The number of carbonyl (C=O) groups is 1. The number of benzene rings is 1. The fourth-order valence-corrected chi connectivity index (χ4v) is 2.15. The van der Waals surface area contributed by atoms with Gasteiger partial charge in [0.15, 0.2) is 0 Å². The SMILES string of the molecule is CCC(=O)Nc1ccc(C2CC=CO2)c(C)c1C. The zero-order chi connectivity index (χ0) is 13.1. The van der Waals surface area contributed by atoms with Gasteiger partial charge in [0.05, 0.1) is 6.26 Å². The summed E-state index contributed by atoms with van der Waals surface area (Å²) in [6, 6.07) is 4.01. The van der Waals surface area contributed by atoms with Gasteiger partial charge in [-0.1, -0.05) is 13.0 Å².